The molecule has 1 aromatic rings. The fraction of sp³-hybridized carbons (Fsp3) is 0.538. The van der Waals surface area contributed by atoms with E-state index in [0.717, 1.165) is 17.7 Å². The van der Waals surface area contributed by atoms with Crippen LogP contribution in [-0.2, 0) is 4.74 Å². The predicted octanol–water partition coefficient (Wildman–Crippen LogP) is 2.54. The van der Waals surface area contributed by atoms with Crippen molar-refractivity contribution in [2.24, 2.45) is 0 Å². The molecule has 2 unspecified atom stereocenters. The lowest BCUT2D eigenvalue weighted by Gasteiger charge is -2.22. The van der Waals surface area contributed by atoms with Gasteiger partial charge in [-0.2, -0.15) is 0 Å². The van der Waals surface area contributed by atoms with Gasteiger partial charge in [-0.15, -0.1) is 0 Å². The molecule has 0 spiro atoms. The van der Waals surface area contributed by atoms with Gasteiger partial charge in [-0.1, -0.05) is 19.1 Å². The SMILES string of the molecule is CCOC(CC)C(O)c1cccc(OC)c1. The van der Waals surface area contributed by atoms with E-state index in [0.29, 0.717) is 6.61 Å². The van der Waals surface area contributed by atoms with Crippen LogP contribution in [0.2, 0.25) is 0 Å². The van der Waals surface area contributed by atoms with E-state index in [1.165, 1.54) is 0 Å². The van der Waals surface area contributed by atoms with Gasteiger partial charge in [-0.25, -0.2) is 0 Å². The number of aliphatic hydroxyl groups excluding tert-OH is 1. The van der Waals surface area contributed by atoms with Crippen molar-refractivity contribution in [2.75, 3.05) is 13.7 Å². The number of rotatable bonds is 6. The highest BCUT2D eigenvalue weighted by atomic mass is 16.5. The average Bonchev–Trinajstić information content (AvgIpc) is 2.35. The molecule has 1 rings (SSSR count). The second kappa shape index (κ2) is 6.51. The molecule has 1 aromatic carbocycles. The summed E-state index contributed by atoms with van der Waals surface area (Å²) in [6.45, 7) is 4.55. The zero-order valence-corrected chi connectivity index (χ0v) is 10.1. The van der Waals surface area contributed by atoms with Gasteiger partial charge < -0.3 is 14.6 Å². The van der Waals surface area contributed by atoms with Crippen molar-refractivity contribution >= 4 is 0 Å². The van der Waals surface area contributed by atoms with E-state index in [9.17, 15) is 5.11 Å². The quantitative estimate of drug-likeness (QED) is 0.807. The van der Waals surface area contributed by atoms with Crippen molar-refractivity contribution in [1.29, 1.82) is 0 Å². The zero-order chi connectivity index (χ0) is 12.0. The Kier molecular flexibility index (Phi) is 5.29. The molecular formula is C13H20O3. The fourth-order valence-electron chi connectivity index (χ4n) is 1.69. The molecule has 0 aliphatic rings. The molecule has 0 saturated heterocycles. The van der Waals surface area contributed by atoms with E-state index < -0.39 is 6.10 Å². The van der Waals surface area contributed by atoms with Gasteiger partial charge in [0.25, 0.3) is 0 Å². The van der Waals surface area contributed by atoms with Crippen LogP contribution in [0.3, 0.4) is 0 Å². The Morgan fingerprint density at radius 2 is 2.06 bits per heavy atom. The van der Waals surface area contributed by atoms with Crippen LogP contribution in [0.5, 0.6) is 5.75 Å². The summed E-state index contributed by atoms with van der Waals surface area (Å²) in [5.74, 6) is 0.753. The van der Waals surface area contributed by atoms with Crippen molar-refractivity contribution in [3.63, 3.8) is 0 Å². The molecule has 0 aliphatic heterocycles. The molecule has 0 radical (unpaired) electrons. The molecule has 0 aromatic heterocycles. The van der Waals surface area contributed by atoms with Gasteiger partial charge in [0.05, 0.1) is 13.2 Å². The van der Waals surface area contributed by atoms with Crippen LogP contribution >= 0.6 is 0 Å². The van der Waals surface area contributed by atoms with Crippen molar-refractivity contribution in [1.82, 2.24) is 0 Å². The number of ether oxygens (including phenoxy) is 2. The normalized spacial score (nSPS) is 14.5. The molecule has 0 bridgehead atoms. The maximum atomic E-state index is 10.2. The van der Waals surface area contributed by atoms with E-state index in [1.807, 2.05) is 38.1 Å². The van der Waals surface area contributed by atoms with E-state index >= 15 is 0 Å². The van der Waals surface area contributed by atoms with Gasteiger partial charge in [-0.05, 0) is 31.0 Å². The predicted molar refractivity (Wildman–Crippen MR) is 63.7 cm³/mol. The van der Waals surface area contributed by atoms with Crippen molar-refractivity contribution < 1.29 is 14.6 Å². The summed E-state index contributed by atoms with van der Waals surface area (Å²) < 4.78 is 10.6. The summed E-state index contributed by atoms with van der Waals surface area (Å²) in [4.78, 5) is 0. The third kappa shape index (κ3) is 3.22. The molecule has 3 nitrogen and oxygen atoms in total. The van der Waals surface area contributed by atoms with Crippen LogP contribution in [0.15, 0.2) is 24.3 Å². The van der Waals surface area contributed by atoms with Crippen LogP contribution in [0.4, 0.5) is 0 Å². The molecule has 2 atom stereocenters. The number of methoxy groups -OCH3 is 1. The molecule has 1 N–H and O–H groups in total. The van der Waals surface area contributed by atoms with Crippen LogP contribution in [0.1, 0.15) is 31.9 Å². The minimum atomic E-state index is -0.597. The van der Waals surface area contributed by atoms with Crippen LogP contribution in [0.25, 0.3) is 0 Å². The first-order valence-corrected chi connectivity index (χ1v) is 5.66. The summed E-state index contributed by atoms with van der Waals surface area (Å²) in [6.07, 6.45) is 0.0313. The summed E-state index contributed by atoms with van der Waals surface area (Å²) in [7, 11) is 1.62. The Labute approximate surface area is 97.0 Å². The first-order valence-electron chi connectivity index (χ1n) is 5.66. The third-order valence-corrected chi connectivity index (χ3v) is 2.57. The van der Waals surface area contributed by atoms with E-state index in [1.54, 1.807) is 7.11 Å². The molecule has 0 fully saturated rings. The highest BCUT2D eigenvalue weighted by Crippen LogP contribution is 2.24. The lowest BCUT2D eigenvalue weighted by Crippen LogP contribution is -2.21. The second-order valence-corrected chi connectivity index (χ2v) is 3.62. The van der Waals surface area contributed by atoms with Gasteiger partial charge in [0.2, 0.25) is 0 Å². The van der Waals surface area contributed by atoms with E-state index in [-0.39, 0.29) is 6.10 Å². The van der Waals surface area contributed by atoms with Gasteiger partial charge in [0.1, 0.15) is 11.9 Å². The van der Waals surface area contributed by atoms with E-state index in [4.69, 9.17) is 9.47 Å². The molecule has 0 heterocycles. The van der Waals surface area contributed by atoms with Gasteiger partial charge in [-0.3, -0.25) is 0 Å². The van der Waals surface area contributed by atoms with Crippen molar-refractivity contribution in [3.8, 4) is 5.75 Å². The lowest BCUT2D eigenvalue weighted by atomic mass is 10.0. The zero-order valence-electron chi connectivity index (χ0n) is 10.1. The fourth-order valence-corrected chi connectivity index (χ4v) is 1.69. The summed E-state index contributed by atoms with van der Waals surface area (Å²) in [6, 6.07) is 7.45. The number of hydrogen-bond donors (Lipinski definition) is 1. The maximum absolute atomic E-state index is 10.2. The van der Waals surface area contributed by atoms with E-state index in [2.05, 4.69) is 0 Å². The summed E-state index contributed by atoms with van der Waals surface area (Å²) in [5.41, 5.74) is 0.833. The largest absolute Gasteiger partial charge is 0.497 e. The molecule has 16 heavy (non-hydrogen) atoms. The van der Waals surface area contributed by atoms with Gasteiger partial charge in [0, 0.05) is 6.61 Å². The molecule has 90 valence electrons. The monoisotopic (exact) mass is 224 g/mol. The number of aliphatic hydroxyl groups is 1. The molecule has 0 amide bonds. The Morgan fingerprint density at radius 3 is 2.62 bits per heavy atom. The van der Waals surface area contributed by atoms with Crippen LogP contribution < -0.4 is 4.74 Å². The molecule has 0 aliphatic carbocycles. The van der Waals surface area contributed by atoms with Crippen LogP contribution in [0, 0.1) is 0 Å². The Bertz CT molecular complexity index is 312. The maximum Gasteiger partial charge on any atom is 0.119 e. The molecular weight excluding hydrogens is 204 g/mol. The van der Waals surface area contributed by atoms with Crippen LogP contribution in [-0.4, -0.2) is 24.9 Å². The van der Waals surface area contributed by atoms with Crippen molar-refractivity contribution in [3.05, 3.63) is 29.8 Å². The summed E-state index contributed by atoms with van der Waals surface area (Å²) >= 11 is 0. The Hall–Kier alpha value is -1.06. The van der Waals surface area contributed by atoms with Gasteiger partial charge in [0.15, 0.2) is 0 Å². The second-order valence-electron chi connectivity index (χ2n) is 3.62. The third-order valence-electron chi connectivity index (χ3n) is 2.57. The lowest BCUT2D eigenvalue weighted by molar-refractivity contribution is -0.0356. The minimum Gasteiger partial charge on any atom is -0.497 e. The molecule has 3 heteroatoms. The standard InChI is InChI=1S/C13H20O3/c1-4-12(16-5-2)13(14)10-7-6-8-11(9-10)15-3/h6-9,12-14H,4-5H2,1-3H3. The smallest absolute Gasteiger partial charge is 0.119 e. The first-order chi connectivity index (χ1) is 7.72. The highest BCUT2D eigenvalue weighted by Gasteiger charge is 2.19. The highest BCUT2D eigenvalue weighted by molar-refractivity contribution is 5.30. The molecule has 0 saturated carbocycles. The minimum absolute atomic E-state index is 0.155. The number of hydrogen-bond acceptors (Lipinski definition) is 3. The topological polar surface area (TPSA) is 38.7 Å². The summed E-state index contributed by atoms with van der Waals surface area (Å²) in [5, 5.41) is 10.2. The van der Waals surface area contributed by atoms with Gasteiger partial charge >= 0.3 is 0 Å². The average molecular weight is 224 g/mol. The van der Waals surface area contributed by atoms with Crippen molar-refractivity contribution in [2.45, 2.75) is 32.5 Å². The Balaban J connectivity index is 2.80. The Morgan fingerprint density at radius 1 is 1.31 bits per heavy atom. The number of benzene rings is 1. The first kappa shape index (κ1) is 13.0.